The van der Waals surface area contributed by atoms with Crippen LogP contribution in [0.3, 0.4) is 0 Å². The van der Waals surface area contributed by atoms with Crippen LogP contribution >= 0.6 is 0 Å². The number of hydrogen-bond donors (Lipinski definition) is 0. The van der Waals surface area contributed by atoms with Crippen LogP contribution in [0.2, 0.25) is 36.3 Å². The smallest absolute Gasteiger partial charge is 0.309 e. The maximum absolute atomic E-state index is 12.4. The maximum Gasteiger partial charge on any atom is 0.309 e. The van der Waals surface area contributed by atoms with Gasteiger partial charge in [-0.2, -0.15) is 0 Å². The summed E-state index contributed by atoms with van der Waals surface area (Å²) in [5, 5.41) is 0.167. The number of rotatable bonds is 6. The minimum Gasteiger partial charge on any atom is -0.543 e. The monoisotopic (exact) mass is 450 g/mol. The summed E-state index contributed by atoms with van der Waals surface area (Å²) in [6, 6.07) is 6.10. The molecule has 1 aliphatic heterocycles. The largest absolute Gasteiger partial charge is 0.543 e. The molecule has 1 aromatic carbocycles. The molecule has 1 aliphatic rings. The molecule has 0 radical (unpaired) electrons. The summed E-state index contributed by atoms with van der Waals surface area (Å²) < 4.78 is 18.8. The molecule has 0 spiro atoms. The molecular formula is C24H42O4Si2. The van der Waals surface area contributed by atoms with Gasteiger partial charge in [-0.25, -0.2) is 0 Å². The van der Waals surface area contributed by atoms with Gasteiger partial charge in [-0.05, 0) is 54.8 Å². The molecule has 1 saturated heterocycles. The first-order valence-corrected chi connectivity index (χ1v) is 16.9. The number of carbonyl (C=O) groups is 1. The van der Waals surface area contributed by atoms with E-state index in [1.165, 1.54) is 0 Å². The molecule has 0 N–H and O–H groups in total. The van der Waals surface area contributed by atoms with Crippen molar-refractivity contribution in [3.05, 3.63) is 23.8 Å². The summed E-state index contributed by atoms with van der Waals surface area (Å²) in [4.78, 5) is 12.4. The van der Waals surface area contributed by atoms with Gasteiger partial charge in [0.15, 0.2) is 0 Å². The maximum atomic E-state index is 12.4. The summed E-state index contributed by atoms with van der Waals surface area (Å²) in [5.41, 5.74) is 1.02. The molecule has 0 amide bonds. The van der Waals surface area contributed by atoms with E-state index in [-0.39, 0.29) is 27.9 Å². The third kappa shape index (κ3) is 5.31. The molecule has 6 heteroatoms. The molecule has 2 atom stereocenters. The van der Waals surface area contributed by atoms with Gasteiger partial charge in [0.2, 0.25) is 16.6 Å². The van der Waals surface area contributed by atoms with Gasteiger partial charge in [-0.15, -0.1) is 0 Å². The highest BCUT2D eigenvalue weighted by molar-refractivity contribution is 6.75. The fraction of sp³-hybridized carbons (Fsp3) is 0.708. The molecule has 1 aromatic rings. The summed E-state index contributed by atoms with van der Waals surface area (Å²) in [7, 11) is -4.09. The Morgan fingerprint density at radius 1 is 0.933 bits per heavy atom. The van der Waals surface area contributed by atoms with Crippen molar-refractivity contribution in [2.24, 2.45) is 11.8 Å². The van der Waals surface area contributed by atoms with Gasteiger partial charge in [-0.3, -0.25) is 4.79 Å². The van der Waals surface area contributed by atoms with E-state index in [1.54, 1.807) is 0 Å². The first kappa shape index (κ1) is 25.0. The molecule has 30 heavy (non-hydrogen) atoms. The molecular weight excluding hydrogens is 408 g/mol. The highest BCUT2D eigenvalue weighted by Crippen LogP contribution is 2.44. The zero-order valence-electron chi connectivity index (χ0n) is 20.9. The zero-order chi connectivity index (χ0) is 23.1. The molecule has 2 rings (SSSR count). The Morgan fingerprint density at radius 3 is 1.70 bits per heavy atom. The Kier molecular flexibility index (Phi) is 6.95. The lowest BCUT2D eigenvalue weighted by Crippen LogP contribution is -2.45. The first-order chi connectivity index (χ1) is 13.5. The van der Waals surface area contributed by atoms with Gasteiger partial charge in [0.05, 0.1) is 12.5 Å². The number of esters is 1. The lowest BCUT2D eigenvalue weighted by Gasteiger charge is -2.39. The van der Waals surface area contributed by atoms with E-state index >= 15 is 0 Å². The molecule has 0 aliphatic carbocycles. The summed E-state index contributed by atoms with van der Waals surface area (Å²) in [5.74, 6) is 1.66. The zero-order valence-corrected chi connectivity index (χ0v) is 22.9. The Hall–Kier alpha value is -1.28. The summed E-state index contributed by atoms with van der Waals surface area (Å²) in [6.07, 6.45) is 0.592. The van der Waals surface area contributed by atoms with Crippen LogP contribution in [0.5, 0.6) is 11.5 Å². The van der Waals surface area contributed by atoms with E-state index in [9.17, 15) is 4.79 Å². The quantitative estimate of drug-likeness (QED) is 0.353. The topological polar surface area (TPSA) is 44.8 Å². The number of carbonyl (C=O) groups excluding carboxylic acids is 1. The van der Waals surface area contributed by atoms with Crippen LogP contribution in [-0.4, -0.2) is 29.2 Å². The molecule has 170 valence electrons. The van der Waals surface area contributed by atoms with Gasteiger partial charge in [0.25, 0.3) is 0 Å². The van der Waals surface area contributed by atoms with Crippen molar-refractivity contribution in [2.45, 2.75) is 91.2 Å². The van der Waals surface area contributed by atoms with E-state index in [0.29, 0.717) is 13.0 Å². The fourth-order valence-electron chi connectivity index (χ4n) is 2.97. The fourth-order valence-corrected chi connectivity index (χ4v) is 5.06. The third-order valence-corrected chi connectivity index (χ3v) is 16.0. The van der Waals surface area contributed by atoms with Crippen molar-refractivity contribution >= 4 is 22.6 Å². The van der Waals surface area contributed by atoms with Crippen molar-refractivity contribution in [1.82, 2.24) is 0 Å². The molecule has 1 heterocycles. The molecule has 0 aromatic heterocycles. The first-order valence-electron chi connectivity index (χ1n) is 11.1. The lowest BCUT2D eigenvalue weighted by molar-refractivity contribution is -0.141. The Labute approximate surface area is 186 Å². The normalized spacial score (nSPS) is 20.8. The number of benzene rings is 1. The van der Waals surface area contributed by atoms with Crippen molar-refractivity contribution in [2.75, 3.05) is 6.61 Å². The van der Waals surface area contributed by atoms with Crippen LogP contribution in [0.25, 0.3) is 0 Å². The number of cyclic esters (lactones) is 1. The lowest BCUT2D eigenvalue weighted by atomic mass is 9.90. The van der Waals surface area contributed by atoms with Gasteiger partial charge in [0.1, 0.15) is 11.5 Å². The second-order valence-corrected chi connectivity index (χ2v) is 21.3. The number of ether oxygens (including phenoxy) is 1. The minimum absolute atomic E-state index is 0.0835. The van der Waals surface area contributed by atoms with Crippen molar-refractivity contribution in [3.8, 4) is 11.5 Å². The van der Waals surface area contributed by atoms with E-state index in [2.05, 4.69) is 74.7 Å². The van der Waals surface area contributed by atoms with E-state index < -0.39 is 16.6 Å². The highest BCUT2D eigenvalue weighted by Gasteiger charge is 2.42. The molecule has 0 bridgehead atoms. The van der Waals surface area contributed by atoms with Crippen LogP contribution in [-0.2, 0) is 16.0 Å². The van der Waals surface area contributed by atoms with Gasteiger partial charge in [-0.1, -0.05) is 54.5 Å². The van der Waals surface area contributed by atoms with Crippen LogP contribution in [0.1, 0.15) is 54.0 Å². The van der Waals surface area contributed by atoms with Crippen LogP contribution < -0.4 is 8.85 Å². The van der Waals surface area contributed by atoms with Gasteiger partial charge < -0.3 is 13.6 Å². The van der Waals surface area contributed by atoms with E-state index in [4.69, 9.17) is 13.6 Å². The Balaban J connectivity index is 2.52. The van der Waals surface area contributed by atoms with E-state index in [1.807, 2.05) is 18.2 Å². The molecule has 1 fully saturated rings. The van der Waals surface area contributed by atoms with Gasteiger partial charge in [0, 0.05) is 11.5 Å². The van der Waals surface area contributed by atoms with Crippen molar-refractivity contribution < 1.29 is 18.4 Å². The average Bonchev–Trinajstić information content (AvgIpc) is 2.86. The number of hydrogen-bond acceptors (Lipinski definition) is 4. The standard InChI is InChI=1S/C24H42O4Si2/c1-17-16-26-22(25)18(17)15-19-20(27-29(8,9)23(2,3)4)13-12-14-21(19)28-30(10,11)24(5,6)7/h12-14,17-18H,15-16H2,1-11H3/t17-,18+/m0/s1. The second kappa shape index (κ2) is 8.34. The second-order valence-electron chi connectivity index (χ2n) is 11.9. The van der Waals surface area contributed by atoms with Gasteiger partial charge >= 0.3 is 5.97 Å². The predicted molar refractivity (Wildman–Crippen MR) is 129 cm³/mol. The van der Waals surface area contributed by atoms with Crippen LogP contribution in [0.15, 0.2) is 18.2 Å². The minimum atomic E-state index is -2.05. The van der Waals surface area contributed by atoms with Crippen molar-refractivity contribution in [1.29, 1.82) is 0 Å². The summed E-state index contributed by atoms with van der Waals surface area (Å²) in [6.45, 7) is 25.0. The Morgan fingerprint density at radius 2 is 1.37 bits per heavy atom. The molecule has 0 unspecified atom stereocenters. The third-order valence-electron chi connectivity index (χ3n) is 7.33. The molecule has 0 saturated carbocycles. The predicted octanol–water partition coefficient (Wildman–Crippen LogP) is 6.81. The van der Waals surface area contributed by atoms with Crippen LogP contribution in [0, 0.1) is 11.8 Å². The van der Waals surface area contributed by atoms with Crippen LogP contribution in [0.4, 0.5) is 0 Å². The SMILES string of the molecule is C[C@H]1COC(=O)[C@@H]1Cc1c(O[Si](C)(C)C(C)(C)C)cccc1O[Si](C)(C)C(C)(C)C. The summed E-state index contributed by atoms with van der Waals surface area (Å²) >= 11 is 0. The van der Waals surface area contributed by atoms with Crippen molar-refractivity contribution in [3.63, 3.8) is 0 Å². The van der Waals surface area contributed by atoms with E-state index in [0.717, 1.165) is 17.1 Å². The average molecular weight is 451 g/mol. The molecule has 4 nitrogen and oxygen atoms in total. The Bertz CT molecular complexity index is 726. The highest BCUT2D eigenvalue weighted by atomic mass is 28.4.